The first-order chi connectivity index (χ1) is 8.40. The van der Waals surface area contributed by atoms with E-state index in [4.69, 9.17) is 22.9 Å². The van der Waals surface area contributed by atoms with Crippen molar-refractivity contribution in [1.82, 2.24) is 0 Å². The van der Waals surface area contributed by atoms with Crippen molar-refractivity contribution in [2.75, 3.05) is 0 Å². The van der Waals surface area contributed by atoms with Gasteiger partial charge in [0.05, 0.1) is 0 Å². The molecule has 1 saturated carbocycles. The SMILES string of the molecule is C=C(N=C(N)N)C1CCC(C(=C)N=C(N)N)CC1. The van der Waals surface area contributed by atoms with Gasteiger partial charge in [-0.1, -0.05) is 13.2 Å². The second-order valence-corrected chi connectivity index (χ2v) is 4.60. The molecule has 6 heteroatoms. The van der Waals surface area contributed by atoms with Crippen LogP contribution >= 0.6 is 0 Å². The first kappa shape index (κ1) is 14.1. The summed E-state index contributed by atoms with van der Waals surface area (Å²) in [4.78, 5) is 8.01. The summed E-state index contributed by atoms with van der Waals surface area (Å²) in [5.41, 5.74) is 22.9. The maximum absolute atomic E-state index is 5.34. The molecule has 0 aromatic carbocycles. The van der Waals surface area contributed by atoms with Crippen LogP contribution in [0.15, 0.2) is 34.5 Å². The molecule has 100 valence electrons. The van der Waals surface area contributed by atoms with E-state index in [2.05, 4.69) is 23.1 Å². The van der Waals surface area contributed by atoms with E-state index >= 15 is 0 Å². The lowest BCUT2D eigenvalue weighted by molar-refractivity contribution is 0.331. The van der Waals surface area contributed by atoms with Crippen LogP contribution in [0.1, 0.15) is 25.7 Å². The molecule has 0 amide bonds. The number of nitrogens with zero attached hydrogens (tertiary/aromatic N) is 2. The molecular weight excluding hydrogens is 228 g/mol. The molecule has 0 saturated heterocycles. The number of guanidine groups is 2. The van der Waals surface area contributed by atoms with Gasteiger partial charge < -0.3 is 22.9 Å². The topological polar surface area (TPSA) is 129 Å². The number of aliphatic imine (C=N–C) groups is 2. The third-order valence-corrected chi connectivity index (χ3v) is 3.22. The lowest BCUT2D eigenvalue weighted by Gasteiger charge is -2.28. The van der Waals surface area contributed by atoms with Crippen molar-refractivity contribution < 1.29 is 0 Å². The standard InChI is InChI=1S/C12H22N6/c1-7(17-11(13)14)9-3-5-10(6-4-9)8(2)18-12(15)16/h9-10H,1-6H2,(H4,13,14,17)(H4,15,16,18). The summed E-state index contributed by atoms with van der Waals surface area (Å²) in [5.74, 6) is 0.782. The van der Waals surface area contributed by atoms with Gasteiger partial charge in [0.25, 0.3) is 0 Å². The molecule has 1 rings (SSSR count). The fraction of sp³-hybridized carbons (Fsp3) is 0.500. The number of nitrogens with two attached hydrogens (primary N) is 4. The molecule has 18 heavy (non-hydrogen) atoms. The van der Waals surface area contributed by atoms with Crippen LogP contribution in [0, 0.1) is 11.8 Å². The minimum atomic E-state index is 0.0621. The van der Waals surface area contributed by atoms with Crippen molar-refractivity contribution in [2.45, 2.75) is 25.7 Å². The zero-order valence-corrected chi connectivity index (χ0v) is 10.6. The fourth-order valence-corrected chi connectivity index (χ4v) is 2.27. The summed E-state index contributed by atoms with van der Waals surface area (Å²) in [6.07, 6.45) is 3.89. The minimum Gasteiger partial charge on any atom is -0.370 e. The van der Waals surface area contributed by atoms with Crippen LogP contribution in [0.4, 0.5) is 0 Å². The lowest BCUT2D eigenvalue weighted by Crippen LogP contribution is -2.25. The maximum Gasteiger partial charge on any atom is 0.190 e. The monoisotopic (exact) mass is 250 g/mol. The number of rotatable bonds is 4. The van der Waals surface area contributed by atoms with Gasteiger partial charge in [0.15, 0.2) is 11.9 Å². The van der Waals surface area contributed by atoms with Crippen molar-refractivity contribution >= 4 is 11.9 Å². The van der Waals surface area contributed by atoms with Gasteiger partial charge in [0.1, 0.15) is 0 Å². The Balaban J connectivity index is 2.51. The van der Waals surface area contributed by atoms with Crippen molar-refractivity contribution in [3.05, 3.63) is 24.6 Å². The second-order valence-electron chi connectivity index (χ2n) is 4.60. The minimum absolute atomic E-state index is 0.0621. The Kier molecular flexibility index (Phi) is 4.76. The van der Waals surface area contributed by atoms with E-state index < -0.39 is 0 Å². The molecule has 0 radical (unpaired) electrons. The number of allylic oxidation sites excluding steroid dienone is 2. The molecule has 1 aliphatic rings. The Bertz CT molecular complexity index is 341. The van der Waals surface area contributed by atoms with Crippen LogP contribution in [0.5, 0.6) is 0 Å². The first-order valence-corrected chi connectivity index (χ1v) is 5.97. The molecular formula is C12H22N6. The Labute approximate surface area is 108 Å². The highest BCUT2D eigenvalue weighted by molar-refractivity contribution is 5.77. The highest BCUT2D eigenvalue weighted by atomic mass is 15.0. The van der Waals surface area contributed by atoms with E-state index in [-0.39, 0.29) is 11.9 Å². The van der Waals surface area contributed by atoms with Crippen molar-refractivity contribution in [3.8, 4) is 0 Å². The van der Waals surface area contributed by atoms with Crippen LogP contribution in [-0.4, -0.2) is 11.9 Å². The third kappa shape index (κ3) is 4.12. The smallest absolute Gasteiger partial charge is 0.190 e. The van der Waals surface area contributed by atoms with Gasteiger partial charge in [-0.05, 0) is 25.7 Å². The summed E-state index contributed by atoms with van der Waals surface area (Å²) in [5, 5.41) is 0. The lowest BCUT2D eigenvalue weighted by atomic mass is 9.79. The van der Waals surface area contributed by atoms with Gasteiger partial charge in [0.2, 0.25) is 0 Å². The van der Waals surface area contributed by atoms with Crippen molar-refractivity contribution in [2.24, 2.45) is 44.8 Å². The van der Waals surface area contributed by atoms with E-state index in [1.165, 1.54) is 0 Å². The molecule has 6 nitrogen and oxygen atoms in total. The Morgan fingerprint density at radius 2 is 1.00 bits per heavy atom. The van der Waals surface area contributed by atoms with Gasteiger partial charge >= 0.3 is 0 Å². The van der Waals surface area contributed by atoms with Gasteiger partial charge in [0, 0.05) is 23.2 Å². The normalized spacial score (nSPS) is 22.9. The summed E-state index contributed by atoms with van der Waals surface area (Å²) in [6.45, 7) is 7.80. The van der Waals surface area contributed by atoms with Crippen molar-refractivity contribution in [3.63, 3.8) is 0 Å². The first-order valence-electron chi connectivity index (χ1n) is 5.97. The molecule has 8 N–H and O–H groups in total. The van der Waals surface area contributed by atoms with E-state index in [9.17, 15) is 0 Å². The predicted octanol–water partition coefficient (Wildman–Crippen LogP) is 0.367. The van der Waals surface area contributed by atoms with Crippen LogP contribution in [0.25, 0.3) is 0 Å². The zero-order chi connectivity index (χ0) is 13.7. The average molecular weight is 250 g/mol. The van der Waals surface area contributed by atoms with Crippen LogP contribution in [0.2, 0.25) is 0 Å². The second kappa shape index (κ2) is 6.09. The maximum atomic E-state index is 5.34. The Morgan fingerprint density at radius 1 is 0.722 bits per heavy atom. The fourth-order valence-electron chi connectivity index (χ4n) is 2.27. The molecule has 0 heterocycles. The summed E-state index contributed by atoms with van der Waals surface area (Å²) >= 11 is 0. The average Bonchev–Trinajstić information content (AvgIpc) is 2.27. The van der Waals surface area contributed by atoms with E-state index in [0.29, 0.717) is 11.8 Å². The van der Waals surface area contributed by atoms with E-state index in [1.807, 2.05) is 0 Å². The molecule has 0 aromatic heterocycles. The number of hydrogen-bond donors (Lipinski definition) is 4. The van der Waals surface area contributed by atoms with Gasteiger partial charge in [-0.15, -0.1) is 0 Å². The van der Waals surface area contributed by atoms with Gasteiger partial charge in [-0.3, -0.25) is 0 Å². The number of hydrogen-bond acceptors (Lipinski definition) is 2. The predicted molar refractivity (Wildman–Crippen MR) is 75.3 cm³/mol. The van der Waals surface area contributed by atoms with Crippen LogP contribution in [0.3, 0.4) is 0 Å². The van der Waals surface area contributed by atoms with Crippen LogP contribution in [-0.2, 0) is 0 Å². The molecule has 0 bridgehead atoms. The zero-order valence-electron chi connectivity index (χ0n) is 10.6. The molecule has 1 fully saturated rings. The summed E-state index contributed by atoms with van der Waals surface area (Å²) < 4.78 is 0. The molecule has 1 aliphatic carbocycles. The Hall–Kier alpha value is -1.98. The largest absolute Gasteiger partial charge is 0.370 e. The molecule has 0 aromatic rings. The molecule has 0 unspecified atom stereocenters. The molecule has 0 aliphatic heterocycles. The van der Waals surface area contributed by atoms with Crippen LogP contribution < -0.4 is 22.9 Å². The van der Waals surface area contributed by atoms with Gasteiger partial charge in [-0.2, -0.15) is 0 Å². The van der Waals surface area contributed by atoms with E-state index in [1.54, 1.807) is 0 Å². The summed E-state index contributed by atoms with van der Waals surface area (Å²) in [6, 6.07) is 0. The third-order valence-electron chi connectivity index (χ3n) is 3.22. The quantitative estimate of drug-likeness (QED) is 0.424. The Morgan fingerprint density at radius 3 is 1.22 bits per heavy atom. The highest BCUT2D eigenvalue weighted by Crippen LogP contribution is 2.36. The van der Waals surface area contributed by atoms with E-state index in [0.717, 1.165) is 37.1 Å². The molecule has 0 atom stereocenters. The highest BCUT2D eigenvalue weighted by Gasteiger charge is 2.24. The van der Waals surface area contributed by atoms with Crippen molar-refractivity contribution in [1.29, 1.82) is 0 Å². The molecule has 0 spiro atoms. The summed E-state index contributed by atoms with van der Waals surface area (Å²) in [7, 11) is 0. The van der Waals surface area contributed by atoms with Gasteiger partial charge in [-0.25, -0.2) is 9.98 Å².